The molecule has 0 heterocycles. The van der Waals surface area contributed by atoms with E-state index in [1.165, 1.54) is 12.1 Å². The van der Waals surface area contributed by atoms with Gasteiger partial charge in [0.25, 0.3) is 0 Å². The fourth-order valence-electron chi connectivity index (χ4n) is 1.67. The summed E-state index contributed by atoms with van der Waals surface area (Å²) in [6.45, 7) is 0.539. The Labute approximate surface area is 124 Å². The fourth-order valence-corrected chi connectivity index (χ4v) is 2.34. The van der Waals surface area contributed by atoms with Crippen molar-refractivity contribution in [2.45, 2.75) is 6.54 Å². The molecule has 0 bridgehead atoms. The van der Waals surface area contributed by atoms with Crippen LogP contribution >= 0.6 is 27.5 Å². The Kier molecular flexibility index (Phi) is 4.66. The minimum absolute atomic E-state index is 0.268. The maximum absolute atomic E-state index is 13.0. The third-order valence-corrected chi connectivity index (χ3v) is 3.62. The van der Waals surface area contributed by atoms with E-state index < -0.39 is 0 Å². The van der Waals surface area contributed by atoms with E-state index in [4.69, 9.17) is 16.3 Å². The lowest BCUT2D eigenvalue weighted by atomic mass is 10.2. The number of anilines is 1. The third kappa shape index (κ3) is 3.61. The molecule has 0 fully saturated rings. The standard InChI is InChI=1S/C14H12BrClFNO/c1-19-14-5-3-10(16)6-13(14)18-8-9-2-4-11(17)7-12(9)15/h2-7,18H,8H2,1H3. The van der Waals surface area contributed by atoms with E-state index in [0.29, 0.717) is 17.3 Å². The van der Waals surface area contributed by atoms with Gasteiger partial charge in [0.15, 0.2) is 0 Å². The van der Waals surface area contributed by atoms with Crippen LogP contribution in [0.25, 0.3) is 0 Å². The zero-order valence-corrected chi connectivity index (χ0v) is 12.6. The molecule has 5 heteroatoms. The molecule has 0 unspecified atom stereocenters. The van der Waals surface area contributed by atoms with Crippen LogP contribution in [-0.2, 0) is 6.54 Å². The van der Waals surface area contributed by atoms with E-state index in [0.717, 1.165) is 15.7 Å². The number of hydrogen-bond acceptors (Lipinski definition) is 2. The molecule has 0 radical (unpaired) electrons. The van der Waals surface area contributed by atoms with Crippen LogP contribution in [0.15, 0.2) is 40.9 Å². The van der Waals surface area contributed by atoms with Crippen LogP contribution in [0.1, 0.15) is 5.56 Å². The second kappa shape index (κ2) is 6.26. The number of rotatable bonds is 4. The van der Waals surface area contributed by atoms with E-state index >= 15 is 0 Å². The van der Waals surface area contributed by atoms with Gasteiger partial charge in [-0.3, -0.25) is 0 Å². The molecule has 0 aliphatic rings. The van der Waals surface area contributed by atoms with Crippen molar-refractivity contribution in [1.29, 1.82) is 0 Å². The molecule has 0 spiro atoms. The van der Waals surface area contributed by atoms with Gasteiger partial charge in [-0.2, -0.15) is 0 Å². The Morgan fingerprint density at radius 3 is 2.74 bits per heavy atom. The van der Waals surface area contributed by atoms with E-state index in [1.807, 2.05) is 0 Å². The van der Waals surface area contributed by atoms with Crippen molar-refractivity contribution < 1.29 is 9.13 Å². The Bertz CT molecular complexity index is 592. The number of nitrogens with one attached hydrogen (secondary N) is 1. The van der Waals surface area contributed by atoms with Gasteiger partial charge in [-0.25, -0.2) is 4.39 Å². The molecular weight excluding hydrogens is 333 g/mol. The molecule has 0 saturated heterocycles. The van der Waals surface area contributed by atoms with Gasteiger partial charge < -0.3 is 10.1 Å². The average Bonchev–Trinajstić information content (AvgIpc) is 2.38. The highest BCUT2D eigenvalue weighted by molar-refractivity contribution is 9.10. The van der Waals surface area contributed by atoms with Crippen LogP contribution in [0.3, 0.4) is 0 Å². The predicted octanol–water partition coefficient (Wildman–Crippen LogP) is 4.86. The van der Waals surface area contributed by atoms with Gasteiger partial charge in [0.2, 0.25) is 0 Å². The van der Waals surface area contributed by atoms with Gasteiger partial charge in [0, 0.05) is 16.0 Å². The molecule has 2 aromatic carbocycles. The van der Waals surface area contributed by atoms with Crippen molar-refractivity contribution in [1.82, 2.24) is 0 Å². The van der Waals surface area contributed by atoms with Crippen molar-refractivity contribution in [3.63, 3.8) is 0 Å². The van der Waals surface area contributed by atoms with Crippen molar-refractivity contribution >= 4 is 33.2 Å². The highest BCUT2D eigenvalue weighted by Crippen LogP contribution is 2.28. The maximum atomic E-state index is 13.0. The summed E-state index contributed by atoms with van der Waals surface area (Å²) in [4.78, 5) is 0. The highest BCUT2D eigenvalue weighted by Gasteiger charge is 2.06. The monoisotopic (exact) mass is 343 g/mol. The van der Waals surface area contributed by atoms with Crippen LogP contribution in [0.4, 0.5) is 10.1 Å². The minimum atomic E-state index is -0.268. The number of ether oxygens (including phenoxy) is 1. The van der Waals surface area contributed by atoms with Crippen LogP contribution in [0, 0.1) is 5.82 Å². The van der Waals surface area contributed by atoms with Crippen LogP contribution in [-0.4, -0.2) is 7.11 Å². The first-order valence-corrected chi connectivity index (χ1v) is 6.78. The lowest BCUT2D eigenvalue weighted by Crippen LogP contribution is -2.02. The first-order chi connectivity index (χ1) is 9.10. The number of hydrogen-bond donors (Lipinski definition) is 1. The molecule has 0 saturated carbocycles. The molecule has 0 atom stereocenters. The molecule has 2 rings (SSSR count). The topological polar surface area (TPSA) is 21.3 Å². The first kappa shape index (κ1) is 14.2. The summed E-state index contributed by atoms with van der Waals surface area (Å²) in [5, 5.41) is 3.85. The molecule has 0 aliphatic heterocycles. The van der Waals surface area contributed by atoms with Crippen molar-refractivity contribution in [3.8, 4) is 5.75 Å². The summed E-state index contributed by atoms with van der Waals surface area (Å²) >= 11 is 9.29. The Morgan fingerprint density at radius 2 is 2.05 bits per heavy atom. The largest absolute Gasteiger partial charge is 0.495 e. The molecule has 100 valence electrons. The molecule has 2 nitrogen and oxygen atoms in total. The van der Waals surface area contributed by atoms with Crippen LogP contribution in [0.5, 0.6) is 5.75 Å². The number of halogens is 3. The highest BCUT2D eigenvalue weighted by atomic mass is 79.9. The van der Waals surface area contributed by atoms with Gasteiger partial charge >= 0.3 is 0 Å². The molecule has 0 amide bonds. The van der Waals surface area contributed by atoms with Gasteiger partial charge in [-0.05, 0) is 35.9 Å². The van der Waals surface area contributed by atoms with E-state index in [2.05, 4.69) is 21.2 Å². The minimum Gasteiger partial charge on any atom is -0.495 e. The first-order valence-electron chi connectivity index (χ1n) is 5.61. The number of benzene rings is 2. The fraction of sp³-hybridized carbons (Fsp3) is 0.143. The van der Waals surface area contributed by atoms with Gasteiger partial charge in [0.05, 0.1) is 12.8 Å². The lowest BCUT2D eigenvalue weighted by molar-refractivity contribution is 0.416. The van der Waals surface area contributed by atoms with E-state index in [1.54, 1.807) is 31.4 Å². The van der Waals surface area contributed by atoms with Crippen molar-refractivity contribution in [2.24, 2.45) is 0 Å². The smallest absolute Gasteiger partial charge is 0.142 e. The predicted molar refractivity (Wildman–Crippen MR) is 79.4 cm³/mol. The Hall–Kier alpha value is -1.26. The summed E-state index contributed by atoms with van der Waals surface area (Å²) in [6.07, 6.45) is 0. The molecule has 19 heavy (non-hydrogen) atoms. The molecule has 1 N–H and O–H groups in total. The van der Waals surface area contributed by atoms with Crippen molar-refractivity contribution in [3.05, 3.63) is 57.3 Å². The second-order valence-corrected chi connectivity index (χ2v) is 5.22. The summed E-state index contributed by atoms with van der Waals surface area (Å²) in [5.41, 5.74) is 1.75. The second-order valence-electron chi connectivity index (χ2n) is 3.93. The summed E-state index contributed by atoms with van der Waals surface area (Å²) in [7, 11) is 1.60. The average molecular weight is 345 g/mol. The van der Waals surface area contributed by atoms with E-state index in [-0.39, 0.29) is 5.82 Å². The van der Waals surface area contributed by atoms with Gasteiger partial charge in [-0.15, -0.1) is 0 Å². The molecule has 0 aromatic heterocycles. The van der Waals surface area contributed by atoms with Crippen LogP contribution in [0.2, 0.25) is 5.02 Å². The quantitative estimate of drug-likeness (QED) is 0.855. The molecule has 0 aliphatic carbocycles. The normalized spacial score (nSPS) is 10.3. The molecular formula is C14H12BrClFNO. The van der Waals surface area contributed by atoms with E-state index in [9.17, 15) is 4.39 Å². The number of methoxy groups -OCH3 is 1. The Balaban J connectivity index is 2.16. The Morgan fingerprint density at radius 1 is 1.26 bits per heavy atom. The SMILES string of the molecule is COc1ccc(Cl)cc1NCc1ccc(F)cc1Br. The summed E-state index contributed by atoms with van der Waals surface area (Å²) in [5.74, 6) is 0.443. The van der Waals surface area contributed by atoms with Gasteiger partial charge in [0.1, 0.15) is 11.6 Å². The summed E-state index contributed by atoms with van der Waals surface area (Å²) in [6, 6.07) is 9.94. The zero-order chi connectivity index (χ0) is 13.8. The van der Waals surface area contributed by atoms with Crippen LogP contribution < -0.4 is 10.1 Å². The lowest BCUT2D eigenvalue weighted by Gasteiger charge is -2.12. The van der Waals surface area contributed by atoms with Gasteiger partial charge in [-0.1, -0.05) is 33.6 Å². The molecule has 2 aromatic rings. The maximum Gasteiger partial charge on any atom is 0.142 e. The summed E-state index contributed by atoms with van der Waals surface area (Å²) < 4.78 is 19.0. The zero-order valence-electron chi connectivity index (χ0n) is 10.2. The van der Waals surface area contributed by atoms with Crippen molar-refractivity contribution in [2.75, 3.05) is 12.4 Å². The third-order valence-electron chi connectivity index (χ3n) is 2.65.